The standard InChI is InChI=1S/C12H25NO/c1-12(2,3)14-11-8-6-4-5-7-10(11)9-13/h10-11H,4-9,13H2,1-3H3. The monoisotopic (exact) mass is 199 g/mol. The molecule has 1 rings (SSSR count). The van der Waals surface area contributed by atoms with Crippen LogP contribution in [-0.4, -0.2) is 18.2 Å². The second-order valence-corrected chi connectivity index (χ2v) is 5.40. The summed E-state index contributed by atoms with van der Waals surface area (Å²) in [6.07, 6.45) is 6.81. The van der Waals surface area contributed by atoms with E-state index >= 15 is 0 Å². The lowest BCUT2D eigenvalue weighted by Gasteiger charge is -2.31. The molecule has 1 aliphatic carbocycles. The zero-order chi connectivity index (χ0) is 10.6. The SMILES string of the molecule is CC(C)(C)OC1CCCCCC1CN. The van der Waals surface area contributed by atoms with Crippen molar-refractivity contribution in [3.63, 3.8) is 0 Å². The number of hydrogen-bond acceptors (Lipinski definition) is 2. The first-order valence-corrected chi connectivity index (χ1v) is 5.91. The van der Waals surface area contributed by atoms with E-state index in [1.807, 2.05) is 0 Å². The Labute approximate surface area is 88.2 Å². The van der Waals surface area contributed by atoms with Crippen LogP contribution < -0.4 is 5.73 Å². The van der Waals surface area contributed by atoms with Gasteiger partial charge in [-0.05, 0) is 46.1 Å². The minimum absolute atomic E-state index is 0.0254. The minimum atomic E-state index is -0.0254. The minimum Gasteiger partial charge on any atom is -0.372 e. The van der Waals surface area contributed by atoms with Crippen LogP contribution in [-0.2, 0) is 4.74 Å². The fraction of sp³-hybridized carbons (Fsp3) is 1.00. The maximum absolute atomic E-state index is 6.08. The molecule has 84 valence electrons. The van der Waals surface area contributed by atoms with Gasteiger partial charge in [0.2, 0.25) is 0 Å². The molecule has 0 amide bonds. The van der Waals surface area contributed by atoms with Gasteiger partial charge >= 0.3 is 0 Å². The van der Waals surface area contributed by atoms with Gasteiger partial charge in [-0.1, -0.05) is 19.3 Å². The molecule has 1 saturated carbocycles. The molecule has 2 atom stereocenters. The second kappa shape index (κ2) is 5.13. The molecule has 2 unspecified atom stereocenters. The van der Waals surface area contributed by atoms with Gasteiger partial charge in [-0.2, -0.15) is 0 Å². The maximum atomic E-state index is 6.08. The van der Waals surface area contributed by atoms with E-state index in [9.17, 15) is 0 Å². The summed E-state index contributed by atoms with van der Waals surface area (Å²) < 4.78 is 6.08. The van der Waals surface area contributed by atoms with E-state index in [1.165, 1.54) is 32.1 Å². The Morgan fingerprint density at radius 1 is 1.14 bits per heavy atom. The lowest BCUT2D eigenvalue weighted by Crippen LogP contribution is -2.35. The smallest absolute Gasteiger partial charge is 0.0622 e. The van der Waals surface area contributed by atoms with Crippen molar-refractivity contribution in [1.82, 2.24) is 0 Å². The van der Waals surface area contributed by atoms with Gasteiger partial charge in [0, 0.05) is 0 Å². The van der Waals surface area contributed by atoms with Gasteiger partial charge in [-0.25, -0.2) is 0 Å². The Morgan fingerprint density at radius 3 is 2.36 bits per heavy atom. The van der Waals surface area contributed by atoms with Crippen molar-refractivity contribution in [2.75, 3.05) is 6.54 Å². The van der Waals surface area contributed by atoms with Gasteiger partial charge in [0.25, 0.3) is 0 Å². The predicted molar refractivity (Wildman–Crippen MR) is 60.3 cm³/mol. The summed E-state index contributed by atoms with van der Waals surface area (Å²) in [5.74, 6) is 0.580. The zero-order valence-corrected chi connectivity index (χ0v) is 9.88. The van der Waals surface area contributed by atoms with Crippen LogP contribution in [0, 0.1) is 5.92 Å². The molecule has 2 nitrogen and oxygen atoms in total. The fourth-order valence-electron chi connectivity index (χ4n) is 2.23. The first-order chi connectivity index (χ1) is 6.53. The largest absolute Gasteiger partial charge is 0.372 e. The van der Waals surface area contributed by atoms with Crippen molar-refractivity contribution in [2.45, 2.75) is 64.6 Å². The van der Waals surface area contributed by atoms with Crippen LogP contribution in [0.3, 0.4) is 0 Å². The molecular weight excluding hydrogens is 174 g/mol. The van der Waals surface area contributed by atoms with Gasteiger partial charge in [-0.3, -0.25) is 0 Å². The Bertz CT molecular complexity index is 162. The normalized spacial score (nSPS) is 30.0. The summed E-state index contributed by atoms with van der Waals surface area (Å²) >= 11 is 0. The molecule has 0 aromatic carbocycles. The highest BCUT2D eigenvalue weighted by atomic mass is 16.5. The summed E-state index contributed by atoms with van der Waals surface area (Å²) in [5.41, 5.74) is 5.78. The molecule has 1 aliphatic rings. The molecule has 0 saturated heterocycles. The molecule has 0 spiro atoms. The van der Waals surface area contributed by atoms with Gasteiger partial charge in [0.15, 0.2) is 0 Å². The Morgan fingerprint density at radius 2 is 1.79 bits per heavy atom. The first-order valence-electron chi connectivity index (χ1n) is 5.91. The van der Waals surface area contributed by atoms with E-state index < -0.39 is 0 Å². The summed E-state index contributed by atoms with van der Waals surface area (Å²) in [7, 11) is 0. The molecule has 0 aromatic rings. The van der Waals surface area contributed by atoms with Crippen LogP contribution in [0.5, 0.6) is 0 Å². The number of rotatable bonds is 2. The van der Waals surface area contributed by atoms with Crippen LogP contribution in [0.15, 0.2) is 0 Å². The van der Waals surface area contributed by atoms with Gasteiger partial charge in [0.05, 0.1) is 11.7 Å². The highest BCUT2D eigenvalue weighted by Crippen LogP contribution is 2.28. The summed E-state index contributed by atoms with van der Waals surface area (Å²) in [4.78, 5) is 0. The van der Waals surface area contributed by atoms with E-state index in [2.05, 4.69) is 20.8 Å². The summed E-state index contributed by atoms with van der Waals surface area (Å²) in [6, 6.07) is 0. The Kier molecular flexibility index (Phi) is 4.39. The molecule has 2 heteroatoms. The first kappa shape index (κ1) is 12.0. The number of ether oxygens (including phenoxy) is 1. The molecule has 0 heterocycles. The summed E-state index contributed by atoms with van der Waals surface area (Å²) in [6.45, 7) is 7.17. The fourth-order valence-corrected chi connectivity index (χ4v) is 2.23. The van der Waals surface area contributed by atoms with Crippen LogP contribution in [0.1, 0.15) is 52.9 Å². The van der Waals surface area contributed by atoms with Crippen LogP contribution in [0.4, 0.5) is 0 Å². The highest BCUT2D eigenvalue weighted by molar-refractivity contribution is 4.77. The third-order valence-corrected chi connectivity index (χ3v) is 2.90. The van der Waals surface area contributed by atoms with Crippen molar-refractivity contribution in [1.29, 1.82) is 0 Å². The van der Waals surface area contributed by atoms with Gasteiger partial charge in [0.1, 0.15) is 0 Å². The van der Waals surface area contributed by atoms with Crippen molar-refractivity contribution in [2.24, 2.45) is 11.7 Å². The highest BCUT2D eigenvalue weighted by Gasteiger charge is 2.27. The average molecular weight is 199 g/mol. The van der Waals surface area contributed by atoms with Crippen LogP contribution in [0.25, 0.3) is 0 Å². The molecule has 0 radical (unpaired) electrons. The predicted octanol–water partition coefficient (Wildman–Crippen LogP) is 2.71. The number of nitrogens with two attached hydrogens (primary N) is 1. The van der Waals surface area contributed by atoms with E-state index in [1.54, 1.807) is 0 Å². The Balaban J connectivity index is 2.52. The van der Waals surface area contributed by atoms with E-state index in [0.29, 0.717) is 12.0 Å². The molecule has 0 bridgehead atoms. The van der Waals surface area contributed by atoms with Crippen LogP contribution in [0.2, 0.25) is 0 Å². The van der Waals surface area contributed by atoms with Gasteiger partial charge < -0.3 is 10.5 Å². The molecule has 0 aromatic heterocycles. The lowest BCUT2D eigenvalue weighted by atomic mass is 9.96. The zero-order valence-electron chi connectivity index (χ0n) is 9.88. The van der Waals surface area contributed by atoms with Crippen molar-refractivity contribution < 1.29 is 4.74 Å². The van der Waals surface area contributed by atoms with Crippen molar-refractivity contribution >= 4 is 0 Å². The van der Waals surface area contributed by atoms with Crippen molar-refractivity contribution in [3.8, 4) is 0 Å². The molecule has 0 aliphatic heterocycles. The van der Waals surface area contributed by atoms with E-state index in [-0.39, 0.29) is 5.60 Å². The maximum Gasteiger partial charge on any atom is 0.0622 e. The van der Waals surface area contributed by atoms with Crippen LogP contribution >= 0.6 is 0 Å². The molecule has 1 fully saturated rings. The van der Waals surface area contributed by atoms with E-state index in [0.717, 1.165) is 6.54 Å². The second-order valence-electron chi connectivity index (χ2n) is 5.40. The summed E-state index contributed by atoms with van der Waals surface area (Å²) in [5, 5.41) is 0. The third-order valence-electron chi connectivity index (χ3n) is 2.90. The molecular formula is C12H25NO. The third kappa shape index (κ3) is 3.97. The number of hydrogen-bond donors (Lipinski definition) is 1. The molecule has 2 N–H and O–H groups in total. The van der Waals surface area contributed by atoms with Crippen molar-refractivity contribution in [3.05, 3.63) is 0 Å². The van der Waals surface area contributed by atoms with Gasteiger partial charge in [-0.15, -0.1) is 0 Å². The average Bonchev–Trinajstić information content (AvgIpc) is 2.27. The Hall–Kier alpha value is -0.0800. The van der Waals surface area contributed by atoms with E-state index in [4.69, 9.17) is 10.5 Å². The molecule has 14 heavy (non-hydrogen) atoms. The quantitative estimate of drug-likeness (QED) is 0.694. The topological polar surface area (TPSA) is 35.2 Å². The lowest BCUT2D eigenvalue weighted by molar-refractivity contribution is -0.0856.